The van der Waals surface area contributed by atoms with E-state index in [2.05, 4.69) is 5.73 Å². The zero-order valence-electron chi connectivity index (χ0n) is 4.15. The molecule has 0 aliphatic heterocycles. The lowest BCUT2D eigenvalue weighted by Crippen LogP contribution is -2.56. The summed E-state index contributed by atoms with van der Waals surface area (Å²) >= 11 is 0. The van der Waals surface area contributed by atoms with Crippen LogP contribution in [0.15, 0.2) is 0 Å². The van der Waals surface area contributed by atoms with Gasteiger partial charge in [0, 0.05) is 0 Å². The maximum absolute atomic E-state index is 9.86. The molecule has 5 N–H and O–H groups in total. The third kappa shape index (κ3) is 2.40. The Kier molecular flexibility index (Phi) is 2.59. The van der Waals surface area contributed by atoms with Gasteiger partial charge in [-0.25, -0.2) is 0 Å². The van der Waals surface area contributed by atoms with Gasteiger partial charge in [-0.3, -0.25) is 0 Å². The fraction of sp³-hybridized carbons (Fsp3) is 1.00. The van der Waals surface area contributed by atoms with Crippen molar-refractivity contribution in [1.82, 2.24) is 0 Å². The monoisotopic (exact) mass is 141 g/mol. The quantitative estimate of drug-likeness (QED) is 0.358. The van der Waals surface area contributed by atoms with Gasteiger partial charge in [0.15, 0.2) is 13.4 Å². The Bertz CT molecular complexity index is 109. The van der Waals surface area contributed by atoms with Crippen LogP contribution < -0.4 is 10.6 Å². The van der Waals surface area contributed by atoms with Crippen LogP contribution in [-0.2, 0) is 4.57 Å². The van der Waals surface area contributed by atoms with Crippen LogP contribution in [-0.4, -0.2) is 22.4 Å². The number of quaternary nitrogens is 1. The number of aliphatic hydroxyl groups excluding tert-OH is 1. The van der Waals surface area contributed by atoms with Gasteiger partial charge in [-0.05, 0) is 0 Å². The van der Waals surface area contributed by atoms with Crippen molar-refractivity contribution in [1.29, 1.82) is 0 Å². The number of aliphatic hydroxyl groups is 1. The predicted molar refractivity (Wildman–Crippen MR) is 23.6 cm³/mol. The van der Waals surface area contributed by atoms with Gasteiger partial charge in [-0.15, -0.1) is 0 Å². The predicted octanol–water partition coefficient (Wildman–Crippen LogP) is -2.91. The molecule has 0 radical (unpaired) electrons. The third-order valence-corrected chi connectivity index (χ3v) is 1.65. The van der Waals surface area contributed by atoms with Crippen LogP contribution in [0.1, 0.15) is 0 Å². The first kappa shape index (κ1) is 8.07. The van der Waals surface area contributed by atoms with Gasteiger partial charge in [0.25, 0.3) is 0 Å². The van der Waals surface area contributed by atoms with E-state index in [1.807, 2.05) is 0 Å². The summed E-state index contributed by atoms with van der Waals surface area (Å²) in [7, 11) is -4.51. The van der Waals surface area contributed by atoms with Crippen LogP contribution >= 0.6 is 7.60 Å². The van der Waals surface area contributed by atoms with Gasteiger partial charge in [-0.1, -0.05) is 0 Å². The highest BCUT2D eigenvalue weighted by atomic mass is 31.2. The van der Waals surface area contributed by atoms with Crippen molar-refractivity contribution in [3.8, 4) is 0 Å². The number of hydrogen-bond donors (Lipinski definition) is 3. The minimum Gasteiger partial charge on any atom is -0.777 e. The average molecular weight is 141 g/mol. The topological polar surface area (TPSA) is 108 Å². The van der Waals surface area contributed by atoms with Gasteiger partial charge >= 0.3 is 0 Å². The van der Waals surface area contributed by atoms with Gasteiger partial charge in [0.2, 0.25) is 0 Å². The molecule has 0 rings (SSSR count). The summed E-state index contributed by atoms with van der Waals surface area (Å²) in [4.78, 5) is 17.9. The second kappa shape index (κ2) is 2.57. The normalized spacial score (nSPS) is 22.0. The molecule has 0 aromatic rings. The lowest BCUT2D eigenvalue weighted by molar-refractivity contribution is -0.380. The van der Waals surface area contributed by atoms with Crippen LogP contribution in [0.3, 0.4) is 0 Å². The molecule has 50 valence electrons. The van der Waals surface area contributed by atoms with E-state index in [1.54, 1.807) is 0 Å². The van der Waals surface area contributed by atoms with Crippen LogP contribution in [0.4, 0.5) is 0 Å². The standard InChI is InChI=1S/C2H8NO4P/c3-1-2(4)8(5,6)7/h2,4H,1,3H2,(H2,5,6,7)/t2-/m1/s1. The Morgan fingerprint density at radius 1 is 1.88 bits per heavy atom. The van der Waals surface area contributed by atoms with Crippen molar-refractivity contribution >= 4 is 7.60 Å². The van der Waals surface area contributed by atoms with Gasteiger partial charge in [0.05, 0.1) is 0 Å². The Hall–Kier alpha value is 0.0700. The summed E-state index contributed by atoms with van der Waals surface area (Å²) in [6.07, 6.45) is 0. The molecule has 0 bridgehead atoms. The molecule has 0 saturated carbocycles. The Morgan fingerprint density at radius 3 is 2.25 bits per heavy atom. The molecule has 0 aromatic heterocycles. The minimum absolute atomic E-state index is 0.225. The van der Waals surface area contributed by atoms with Crippen molar-refractivity contribution in [3.63, 3.8) is 0 Å². The van der Waals surface area contributed by atoms with Crippen LogP contribution in [0, 0.1) is 0 Å². The summed E-state index contributed by atoms with van der Waals surface area (Å²) in [5.41, 5.74) is 3.07. The Labute approximate surface area is 46.3 Å². The lowest BCUT2D eigenvalue weighted by Gasteiger charge is -2.18. The van der Waals surface area contributed by atoms with Crippen molar-refractivity contribution in [3.05, 3.63) is 0 Å². The first-order chi connectivity index (χ1) is 3.48. The molecule has 6 heteroatoms. The molecule has 0 aliphatic carbocycles. The van der Waals surface area contributed by atoms with E-state index in [4.69, 9.17) is 10.00 Å². The van der Waals surface area contributed by atoms with Crippen LogP contribution in [0.2, 0.25) is 0 Å². The molecule has 2 atom stereocenters. The second-order valence-electron chi connectivity index (χ2n) is 1.33. The van der Waals surface area contributed by atoms with Crippen molar-refractivity contribution in [2.45, 2.75) is 5.85 Å². The molecule has 0 aromatic carbocycles. The first-order valence-electron chi connectivity index (χ1n) is 1.99. The molecule has 0 aliphatic rings. The molecule has 8 heavy (non-hydrogen) atoms. The SMILES string of the molecule is [NH3+]C[C@H](O)P(=O)([O-])O. The lowest BCUT2D eigenvalue weighted by atomic mass is 10.7. The molecule has 0 fully saturated rings. The molecular formula is C2H8NO4P. The van der Waals surface area contributed by atoms with E-state index in [0.29, 0.717) is 0 Å². The molecule has 5 nitrogen and oxygen atoms in total. The van der Waals surface area contributed by atoms with Gasteiger partial charge in [0.1, 0.15) is 6.54 Å². The zero-order chi connectivity index (χ0) is 6.78. The van der Waals surface area contributed by atoms with E-state index in [9.17, 15) is 9.46 Å². The zero-order valence-corrected chi connectivity index (χ0v) is 5.04. The second-order valence-corrected chi connectivity index (χ2v) is 3.06. The van der Waals surface area contributed by atoms with E-state index < -0.39 is 13.4 Å². The summed E-state index contributed by atoms with van der Waals surface area (Å²) in [6.45, 7) is -0.225. The first-order valence-corrected chi connectivity index (χ1v) is 3.64. The fourth-order valence-electron chi connectivity index (χ4n) is 0.163. The summed E-state index contributed by atoms with van der Waals surface area (Å²) in [6, 6.07) is 0. The molecule has 0 amide bonds. The van der Waals surface area contributed by atoms with E-state index in [1.165, 1.54) is 0 Å². The van der Waals surface area contributed by atoms with Crippen molar-refractivity contribution in [2.24, 2.45) is 0 Å². The van der Waals surface area contributed by atoms with E-state index in [-0.39, 0.29) is 6.54 Å². The Morgan fingerprint density at radius 2 is 2.25 bits per heavy atom. The van der Waals surface area contributed by atoms with Crippen LogP contribution in [0.25, 0.3) is 0 Å². The average Bonchev–Trinajstić information content (AvgIpc) is 1.62. The fourth-order valence-corrected chi connectivity index (χ4v) is 0.489. The van der Waals surface area contributed by atoms with E-state index in [0.717, 1.165) is 0 Å². The number of hydrogen-bond acceptors (Lipinski definition) is 3. The Balaban J connectivity index is 3.82. The van der Waals surface area contributed by atoms with Crippen LogP contribution in [0.5, 0.6) is 0 Å². The maximum atomic E-state index is 9.86. The molecule has 0 spiro atoms. The van der Waals surface area contributed by atoms with E-state index >= 15 is 0 Å². The molecular weight excluding hydrogens is 133 g/mol. The van der Waals surface area contributed by atoms with Gasteiger partial charge < -0.3 is 25.2 Å². The molecule has 1 unspecified atom stereocenters. The molecule has 0 heterocycles. The third-order valence-electron chi connectivity index (χ3n) is 0.635. The molecule has 0 saturated heterocycles. The summed E-state index contributed by atoms with van der Waals surface area (Å²) in [5, 5.41) is 8.31. The summed E-state index contributed by atoms with van der Waals surface area (Å²) in [5.74, 6) is -1.71. The largest absolute Gasteiger partial charge is 0.777 e. The van der Waals surface area contributed by atoms with Crippen molar-refractivity contribution < 1.29 is 25.2 Å². The minimum atomic E-state index is -4.51. The van der Waals surface area contributed by atoms with Gasteiger partial charge in [-0.2, -0.15) is 0 Å². The summed E-state index contributed by atoms with van der Waals surface area (Å²) < 4.78 is 9.86. The van der Waals surface area contributed by atoms with Crippen molar-refractivity contribution in [2.75, 3.05) is 6.54 Å². The number of rotatable bonds is 2. The highest BCUT2D eigenvalue weighted by Crippen LogP contribution is 2.32. The highest BCUT2D eigenvalue weighted by molar-refractivity contribution is 7.50. The highest BCUT2D eigenvalue weighted by Gasteiger charge is 2.15. The smallest absolute Gasteiger partial charge is 0.166 e. The maximum Gasteiger partial charge on any atom is 0.166 e.